The van der Waals surface area contributed by atoms with Crippen LogP contribution in [0.4, 0.5) is 5.69 Å². The van der Waals surface area contributed by atoms with Crippen molar-refractivity contribution < 1.29 is 4.79 Å². The first kappa shape index (κ1) is 10.6. The molecular formula is C10H10Cl2N2O. The number of nitrogens with zero attached hydrogens (tertiary/aromatic N) is 1. The number of carbonyl (C=O) groups excluding carboxylic acids is 1. The summed E-state index contributed by atoms with van der Waals surface area (Å²) in [6.45, 7) is 1.95. The number of amides is 1. The summed E-state index contributed by atoms with van der Waals surface area (Å²) in [5.74, 6) is -0.00135. The van der Waals surface area contributed by atoms with Crippen molar-refractivity contribution in [3.05, 3.63) is 28.2 Å². The summed E-state index contributed by atoms with van der Waals surface area (Å²) in [4.78, 5) is 11.2. The fourth-order valence-electron chi connectivity index (χ4n) is 1.62. The second-order valence-electron chi connectivity index (χ2n) is 3.55. The first-order valence-corrected chi connectivity index (χ1v) is 5.37. The van der Waals surface area contributed by atoms with E-state index in [4.69, 9.17) is 23.2 Å². The van der Waals surface area contributed by atoms with Gasteiger partial charge in [0.2, 0.25) is 5.91 Å². The average Bonchev–Trinajstić information content (AvgIpc) is 2.50. The molecule has 0 bridgehead atoms. The number of halogens is 2. The van der Waals surface area contributed by atoms with Crippen molar-refractivity contribution in [3.8, 4) is 0 Å². The SMILES string of the molecule is CC1CC(=O)NN1c1cc(Cl)ccc1Cl. The molecule has 1 aromatic rings. The minimum atomic E-state index is -0.00135. The smallest absolute Gasteiger partial charge is 0.240 e. The van der Waals surface area contributed by atoms with E-state index in [1.54, 1.807) is 23.2 Å². The normalized spacial score (nSPS) is 20.6. The molecule has 1 aromatic carbocycles. The topological polar surface area (TPSA) is 32.3 Å². The molecule has 5 heteroatoms. The summed E-state index contributed by atoms with van der Waals surface area (Å²) < 4.78 is 0. The molecule has 1 heterocycles. The van der Waals surface area contributed by atoms with Gasteiger partial charge in [-0.3, -0.25) is 15.2 Å². The summed E-state index contributed by atoms with van der Waals surface area (Å²) in [6.07, 6.45) is 0.475. The Labute approximate surface area is 97.9 Å². The molecule has 1 fully saturated rings. The van der Waals surface area contributed by atoms with E-state index >= 15 is 0 Å². The lowest BCUT2D eigenvalue weighted by Gasteiger charge is -2.23. The van der Waals surface area contributed by atoms with Gasteiger partial charge >= 0.3 is 0 Å². The molecule has 0 aliphatic carbocycles. The van der Waals surface area contributed by atoms with Gasteiger partial charge in [-0.05, 0) is 25.1 Å². The predicted molar refractivity (Wildman–Crippen MR) is 61.2 cm³/mol. The molecule has 3 nitrogen and oxygen atoms in total. The highest BCUT2D eigenvalue weighted by atomic mass is 35.5. The van der Waals surface area contributed by atoms with Gasteiger partial charge in [0.25, 0.3) is 0 Å². The van der Waals surface area contributed by atoms with Gasteiger partial charge in [-0.2, -0.15) is 0 Å². The highest BCUT2D eigenvalue weighted by Crippen LogP contribution is 2.31. The number of hydrogen-bond donors (Lipinski definition) is 1. The van der Waals surface area contributed by atoms with Gasteiger partial charge in [0, 0.05) is 5.02 Å². The molecule has 1 unspecified atom stereocenters. The summed E-state index contributed by atoms with van der Waals surface area (Å²) in [5.41, 5.74) is 3.48. The molecule has 80 valence electrons. The third-order valence-electron chi connectivity index (χ3n) is 2.33. The standard InChI is InChI=1S/C10H10Cl2N2O/c1-6-4-10(15)13-14(6)9-5-7(11)2-3-8(9)12/h2-3,5-6H,4H2,1H3,(H,13,15). The van der Waals surface area contributed by atoms with Gasteiger partial charge in [-0.15, -0.1) is 0 Å². The maximum Gasteiger partial charge on any atom is 0.240 e. The summed E-state index contributed by atoms with van der Waals surface area (Å²) in [6, 6.07) is 5.27. The molecule has 0 radical (unpaired) electrons. The first-order valence-electron chi connectivity index (χ1n) is 4.61. The Balaban J connectivity index is 2.36. The monoisotopic (exact) mass is 244 g/mol. The zero-order chi connectivity index (χ0) is 11.0. The fourth-order valence-corrected chi connectivity index (χ4v) is 1.99. The maximum absolute atomic E-state index is 11.2. The van der Waals surface area contributed by atoms with Crippen molar-refractivity contribution in [2.45, 2.75) is 19.4 Å². The van der Waals surface area contributed by atoms with E-state index in [1.807, 2.05) is 6.92 Å². The van der Waals surface area contributed by atoms with Gasteiger partial charge in [0.1, 0.15) is 0 Å². The zero-order valence-electron chi connectivity index (χ0n) is 8.13. The molecule has 0 saturated carbocycles. The van der Waals surface area contributed by atoms with E-state index in [-0.39, 0.29) is 11.9 Å². The Morgan fingerprint density at radius 1 is 1.47 bits per heavy atom. The van der Waals surface area contributed by atoms with Gasteiger partial charge in [-0.25, -0.2) is 0 Å². The Bertz CT molecular complexity index is 408. The lowest BCUT2D eigenvalue weighted by Crippen LogP contribution is -2.37. The molecule has 1 amide bonds. The lowest BCUT2D eigenvalue weighted by molar-refractivity contribution is -0.119. The number of anilines is 1. The summed E-state index contributed by atoms with van der Waals surface area (Å²) in [5, 5.41) is 2.92. The Hall–Kier alpha value is -0.930. The molecule has 1 N–H and O–H groups in total. The molecule has 0 aromatic heterocycles. The Morgan fingerprint density at radius 3 is 2.80 bits per heavy atom. The van der Waals surface area contributed by atoms with Crippen LogP contribution in [0.5, 0.6) is 0 Å². The van der Waals surface area contributed by atoms with Crippen molar-refractivity contribution >= 4 is 34.8 Å². The van der Waals surface area contributed by atoms with E-state index < -0.39 is 0 Å². The van der Waals surface area contributed by atoms with Crippen LogP contribution in [0.3, 0.4) is 0 Å². The van der Waals surface area contributed by atoms with Crippen LogP contribution in [0.15, 0.2) is 18.2 Å². The van der Waals surface area contributed by atoms with Gasteiger partial charge in [-0.1, -0.05) is 23.2 Å². The van der Waals surface area contributed by atoms with E-state index in [0.717, 1.165) is 5.69 Å². The van der Waals surface area contributed by atoms with E-state index in [9.17, 15) is 4.79 Å². The second kappa shape index (κ2) is 3.91. The molecule has 1 aliphatic heterocycles. The van der Waals surface area contributed by atoms with Crippen LogP contribution in [0, 0.1) is 0 Å². The molecule has 2 rings (SSSR count). The van der Waals surface area contributed by atoms with E-state index in [1.165, 1.54) is 0 Å². The van der Waals surface area contributed by atoms with Crippen LogP contribution in [0.1, 0.15) is 13.3 Å². The molecule has 15 heavy (non-hydrogen) atoms. The minimum absolute atomic E-state index is 0.00135. The predicted octanol–water partition coefficient (Wildman–Crippen LogP) is 2.62. The number of rotatable bonds is 1. The third-order valence-corrected chi connectivity index (χ3v) is 2.89. The Morgan fingerprint density at radius 2 is 2.20 bits per heavy atom. The van der Waals surface area contributed by atoms with Crippen molar-refractivity contribution in [1.29, 1.82) is 0 Å². The quantitative estimate of drug-likeness (QED) is 0.824. The van der Waals surface area contributed by atoms with E-state index in [2.05, 4.69) is 5.43 Å². The van der Waals surface area contributed by atoms with Crippen molar-refractivity contribution in [3.63, 3.8) is 0 Å². The number of benzene rings is 1. The van der Waals surface area contributed by atoms with Crippen LogP contribution < -0.4 is 10.4 Å². The van der Waals surface area contributed by atoms with Crippen LogP contribution in [0.25, 0.3) is 0 Å². The van der Waals surface area contributed by atoms with Crippen molar-refractivity contribution in [2.75, 3.05) is 5.01 Å². The molecule has 0 spiro atoms. The van der Waals surface area contributed by atoms with Crippen LogP contribution in [-0.2, 0) is 4.79 Å². The number of nitrogens with one attached hydrogen (secondary N) is 1. The molecular weight excluding hydrogens is 235 g/mol. The third kappa shape index (κ3) is 2.03. The number of hydrazine groups is 1. The molecule has 1 atom stereocenters. The van der Waals surface area contributed by atoms with Gasteiger partial charge < -0.3 is 0 Å². The summed E-state index contributed by atoms with van der Waals surface area (Å²) >= 11 is 11.9. The van der Waals surface area contributed by atoms with E-state index in [0.29, 0.717) is 16.5 Å². The minimum Gasteiger partial charge on any atom is -0.281 e. The van der Waals surface area contributed by atoms with Gasteiger partial charge in [0.15, 0.2) is 0 Å². The van der Waals surface area contributed by atoms with Crippen molar-refractivity contribution in [1.82, 2.24) is 5.43 Å². The van der Waals surface area contributed by atoms with Gasteiger partial charge in [0.05, 0.1) is 23.2 Å². The second-order valence-corrected chi connectivity index (χ2v) is 4.40. The average molecular weight is 245 g/mol. The van der Waals surface area contributed by atoms with Crippen LogP contribution >= 0.6 is 23.2 Å². The fraction of sp³-hybridized carbons (Fsp3) is 0.300. The number of hydrogen-bond acceptors (Lipinski definition) is 2. The molecule has 1 saturated heterocycles. The highest BCUT2D eigenvalue weighted by molar-refractivity contribution is 6.35. The maximum atomic E-state index is 11.2. The largest absolute Gasteiger partial charge is 0.281 e. The molecule has 1 aliphatic rings. The Kier molecular flexibility index (Phi) is 2.76. The van der Waals surface area contributed by atoms with Crippen molar-refractivity contribution in [2.24, 2.45) is 0 Å². The highest BCUT2D eigenvalue weighted by Gasteiger charge is 2.28. The zero-order valence-corrected chi connectivity index (χ0v) is 9.64. The summed E-state index contributed by atoms with van der Waals surface area (Å²) in [7, 11) is 0. The van der Waals surface area contributed by atoms with Crippen LogP contribution in [-0.4, -0.2) is 11.9 Å². The number of carbonyl (C=O) groups is 1. The first-order chi connectivity index (χ1) is 7.08. The van der Waals surface area contributed by atoms with Crippen LogP contribution in [0.2, 0.25) is 10.0 Å². The lowest BCUT2D eigenvalue weighted by atomic mass is 10.2.